The molecule has 0 spiro atoms. The van der Waals surface area contributed by atoms with Crippen LogP contribution in [0.3, 0.4) is 0 Å². The van der Waals surface area contributed by atoms with E-state index in [2.05, 4.69) is 10.1 Å². The molecule has 3 rings (SSSR count). The molecule has 0 saturated carbocycles. The number of hydrogen-bond acceptors (Lipinski definition) is 6. The molecular formula is C20H17NO6. The summed E-state index contributed by atoms with van der Waals surface area (Å²) in [6.07, 6.45) is 0. The molecule has 3 aromatic rings. The minimum absolute atomic E-state index is 0.0439. The largest absolute Gasteiger partial charge is 0.465 e. The lowest BCUT2D eigenvalue weighted by Crippen LogP contribution is -2.28. The van der Waals surface area contributed by atoms with Crippen LogP contribution in [0.4, 0.5) is 0 Å². The Hall–Kier alpha value is -3.61. The molecule has 0 saturated heterocycles. The van der Waals surface area contributed by atoms with Gasteiger partial charge in [0.05, 0.1) is 12.7 Å². The molecule has 0 unspecified atom stereocenters. The zero-order chi connectivity index (χ0) is 19.2. The van der Waals surface area contributed by atoms with Gasteiger partial charge in [0, 0.05) is 11.9 Å². The lowest BCUT2D eigenvalue weighted by atomic mass is 10.1. The molecule has 138 valence electrons. The van der Waals surface area contributed by atoms with E-state index in [0.29, 0.717) is 11.1 Å². The monoisotopic (exact) mass is 367 g/mol. The molecule has 1 amide bonds. The molecule has 7 heteroatoms. The third-order valence-corrected chi connectivity index (χ3v) is 3.83. The minimum atomic E-state index is -0.705. The molecule has 0 atom stereocenters. The Bertz CT molecular complexity index is 941. The van der Waals surface area contributed by atoms with Gasteiger partial charge < -0.3 is 19.2 Å². The predicted octanol–water partition coefficient (Wildman–Crippen LogP) is 2.69. The Balaban J connectivity index is 1.47. The molecule has 0 radical (unpaired) electrons. The van der Waals surface area contributed by atoms with Crippen molar-refractivity contribution in [3.05, 3.63) is 71.5 Å². The van der Waals surface area contributed by atoms with Gasteiger partial charge in [-0.25, -0.2) is 9.59 Å². The van der Waals surface area contributed by atoms with Crippen molar-refractivity contribution in [2.75, 3.05) is 13.7 Å². The van der Waals surface area contributed by atoms with Crippen molar-refractivity contribution < 1.29 is 28.3 Å². The second-order valence-electron chi connectivity index (χ2n) is 5.69. The molecule has 2 aromatic carbocycles. The highest BCUT2D eigenvalue weighted by Crippen LogP contribution is 2.19. The molecule has 0 aliphatic rings. The van der Waals surface area contributed by atoms with Crippen LogP contribution in [-0.4, -0.2) is 31.6 Å². The van der Waals surface area contributed by atoms with E-state index >= 15 is 0 Å². The molecule has 0 aliphatic carbocycles. The number of carbonyl (C=O) groups is 3. The van der Waals surface area contributed by atoms with Crippen LogP contribution in [0.2, 0.25) is 0 Å². The van der Waals surface area contributed by atoms with Crippen molar-refractivity contribution in [1.29, 1.82) is 0 Å². The Labute approximate surface area is 154 Å². The van der Waals surface area contributed by atoms with Gasteiger partial charge in [-0.2, -0.15) is 0 Å². The fourth-order valence-corrected chi connectivity index (χ4v) is 2.41. The number of ether oxygens (including phenoxy) is 2. The Morgan fingerprint density at radius 3 is 2.44 bits per heavy atom. The second-order valence-corrected chi connectivity index (χ2v) is 5.69. The molecule has 1 N–H and O–H groups in total. The number of amides is 1. The van der Waals surface area contributed by atoms with Gasteiger partial charge in [0.2, 0.25) is 5.76 Å². The summed E-state index contributed by atoms with van der Waals surface area (Å²) < 4.78 is 15.0. The number of nitrogens with one attached hydrogen (secondary N) is 1. The SMILES string of the molecule is COC(=O)c1ccc(CNC(=O)COC(=O)c2cc3ccccc3o2)cc1. The summed E-state index contributed by atoms with van der Waals surface area (Å²) in [6, 6.07) is 15.4. The Kier molecular flexibility index (Phi) is 5.51. The molecular weight excluding hydrogens is 350 g/mol. The van der Waals surface area contributed by atoms with Gasteiger partial charge in [0.1, 0.15) is 5.58 Å². The van der Waals surface area contributed by atoms with Crippen molar-refractivity contribution in [2.24, 2.45) is 0 Å². The fraction of sp³-hybridized carbons (Fsp3) is 0.150. The van der Waals surface area contributed by atoms with Crippen LogP contribution in [0.5, 0.6) is 0 Å². The van der Waals surface area contributed by atoms with Gasteiger partial charge in [-0.1, -0.05) is 30.3 Å². The van der Waals surface area contributed by atoms with Crippen LogP contribution < -0.4 is 5.32 Å². The lowest BCUT2D eigenvalue weighted by molar-refractivity contribution is -0.124. The Morgan fingerprint density at radius 1 is 1.00 bits per heavy atom. The highest BCUT2D eigenvalue weighted by atomic mass is 16.5. The smallest absolute Gasteiger partial charge is 0.374 e. The predicted molar refractivity (Wildman–Crippen MR) is 96.1 cm³/mol. The zero-order valence-electron chi connectivity index (χ0n) is 14.6. The lowest BCUT2D eigenvalue weighted by Gasteiger charge is -2.06. The van der Waals surface area contributed by atoms with E-state index in [1.165, 1.54) is 7.11 Å². The van der Waals surface area contributed by atoms with E-state index in [0.717, 1.165) is 10.9 Å². The standard InChI is InChI=1S/C20H17NO6/c1-25-19(23)14-8-6-13(7-9-14)11-21-18(22)12-26-20(24)17-10-15-4-2-3-5-16(15)27-17/h2-10H,11-12H2,1H3,(H,21,22). The van der Waals surface area contributed by atoms with Gasteiger partial charge in [0.15, 0.2) is 6.61 Å². The van der Waals surface area contributed by atoms with Crippen LogP contribution in [0.25, 0.3) is 11.0 Å². The minimum Gasteiger partial charge on any atom is -0.465 e. The molecule has 0 fully saturated rings. The molecule has 1 aromatic heterocycles. The van der Waals surface area contributed by atoms with Gasteiger partial charge in [0.25, 0.3) is 5.91 Å². The summed E-state index contributed by atoms with van der Waals surface area (Å²) in [5, 5.41) is 3.41. The Morgan fingerprint density at radius 2 is 1.74 bits per heavy atom. The third kappa shape index (κ3) is 4.52. The summed E-state index contributed by atoms with van der Waals surface area (Å²) in [4.78, 5) is 35.2. The summed E-state index contributed by atoms with van der Waals surface area (Å²) in [7, 11) is 1.31. The van der Waals surface area contributed by atoms with E-state index in [1.807, 2.05) is 12.1 Å². The van der Waals surface area contributed by atoms with Crippen LogP contribution in [0.15, 0.2) is 59.0 Å². The maximum absolute atomic E-state index is 12.0. The van der Waals surface area contributed by atoms with Crippen molar-refractivity contribution in [3.63, 3.8) is 0 Å². The number of methoxy groups -OCH3 is 1. The number of para-hydroxylation sites is 1. The van der Waals surface area contributed by atoms with E-state index in [1.54, 1.807) is 42.5 Å². The normalized spacial score (nSPS) is 10.4. The summed E-state index contributed by atoms with van der Waals surface area (Å²) in [6.45, 7) is -0.182. The van der Waals surface area contributed by atoms with E-state index in [4.69, 9.17) is 9.15 Å². The number of esters is 2. The topological polar surface area (TPSA) is 94.8 Å². The average molecular weight is 367 g/mol. The maximum atomic E-state index is 12.0. The van der Waals surface area contributed by atoms with Gasteiger partial charge in [-0.05, 0) is 29.8 Å². The first-order valence-corrected chi connectivity index (χ1v) is 8.16. The zero-order valence-corrected chi connectivity index (χ0v) is 14.6. The first-order valence-electron chi connectivity index (χ1n) is 8.16. The molecule has 7 nitrogen and oxygen atoms in total. The van der Waals surface area contributed by atoms with Crippen LogP contribution >= 0.6 is 0 Å². The third-order valence-electron chi connectivity index (χ3n) is 3.83. The first kappa shape index (κ1) is 18.2. The van der Waals surface area contributed by atoms with Crippen LogP contribution in [0, 0.1) is 0 Å². The van der Waals surface area contributed by atoms with Crippen molar-refractivity contribution in [3.8, 4) is 0 Å². The van der Waals surface area contributed by atoms with Gasteiger partial charge in [-0.3, -0.25) is 4.79 Å². The summed E-state index contributed by atoms with van der Waals surface area (Å²) >= 11 is 0. The van der Waals surface area contributed by atoms with E-state index in [-0.39, 0.29) is 12.3 Å². The number of hydrogen-bond donors (Lipinski definition) is 1. The summed E-state index contributed by atoms with van der Waals surface area (Å²) in [5.74, 6) is -1.54. The van der Waals surface area contributed by atoms with Crippen molar-refractivity contribution >= 4 is 28.8 Å². The fourth-order valence-electron chi connectivity index (χ4n) is 2.41. The molecule has 27 heavy (non-hydrogen) atoms. The molecule has 1 heterocycles. The number of rotatable bonds is 6. The number of fused-ring (bicyclic) bond motifs is 1. The number of furan rings is 1. The van der Waals surface area contributed by atoms with Crippen molar-refractivity contribution in [1.82, 2.24) is 5.32 Å². The second kappa shape index (κ2) is 8.18. The van der Waals surface area contributed by atoms with Gasteiger partial charge in [-0.15, -0.1) is 0 Å². The number of benzene rings is 2. The first-order chi connectivity index (χ1) is 13.1. The highest BCUT2D eigenvalue weighted by molar-refractivity contribution is 5.93. The number of carbonyl (C=O) groups excluding carboxylic acids is 3. The van der Waals surface area contributed by atoms with Crippen molar-refractivity contribution in [2.45, 2.75) is 6.54 Å². The van der Waals surface area contributed by atoms with Crippen LogP contribution in [-0.2, 0) is 20.8 Å². The maximum Gasteiger partial charge on any atom is 0.374 e. The summed E-state index contributed by atoms with van der Waals surface area (Å²) in [5.41, 5.74) is 1.79. The molecule has 0 aliphatic heterocycles. The highest BCUT2D eigenvalue weighted by Gasteiger charge is 2.15. The van der Waals surface area contributed by atoms with Gasteiger partial charge >= 0.3 is 11.9 Å². The van der Waals surface area contributed by atoms with E-state index in [9.17, 15) is 14.4 Å². The van der Waals surface area contributed by atoms with Crippen LogP contribution in [0.1, 0.15) is 26.5 Å². The molecule has 0 bridgehead atoms. The van der Waals surface area contributed by atoms with E-state index < -0.39 is 24.5 Å². The quantitative estimate of drug-likeness (QED) is 0.673. The average Bonchev–Trinajstić information content (AvgIpc) is 3.14.